The molecule has 0 aromatic carbocycles. The van der Waals surface area contributed by atoms with Crippen LogP contribution in [0.1, 0.15) is 16.2 Å². The summed E-state index contributed by atoms with van der Waals surface area (Å²) in [6.45, 7) is 2.37. The highest BCUT2D eigenvalue weighted by molar-refractivity contribution is 7.12. The van der Waals surface area contributed by atoms with Gasteiger partial charge in [-0.25, -0.2) is 4.79 Å². The van der Waals surface area contributed by atoms with E-state index in [9.17, 15) is 14.7 Å². The summed E-state index contributed by atoms with van der Waals surface area (Å²) in [4.78, 5) is 25.2. The number of hydrogen-bond acceptors (Lipinski definition) is 4. The number of thiophene rings is 1. The van der Waals surface area contributed by atoms with E-state index in [1.54, 1.807) is 11.3 Å². The second-order valence-corrected chi connectivity index (χ2v) is 5.80. The molecule has 6 heteroatoms. The lowest BCUT2D eigenvalue weighted by Crippen LogP contribution is -2.55. The Balaban J connectivity index is 1.99. The van der Waals surface area contributed by atoms with Crippen LogP contribution in [0.3, 0.4) is 0 Å². The third kappa shape index (κ3) is 2.70. The third-order valence-corrected chi connectivity index (χ3v) is 3.94. The first-order valence-corrected chi connectivity index (χ1v) is 6.51. The smallest absolute Gasteiger partial charge is 0.331 e. The molecule has 1 aromatic rings. The molecule has 0 bridgehead atoms. The number of aryl methyl sites for hydroxylation is 1. The van der Waals surface area contributed by atoms with Crippen LogP contribution in [-0.4, -0.2) is 35.7 Å². The number of amides is 1. The van der Waals surface area contributed by atoms with Crippen molar-refractivity contribution in [2.45, 2.75) is 25.3 Å². The van der Waals surface area contributed by atoms with Crippen LogP contribution < -0.4 is 5.32 Å². The van der Waals surface area contributed by atoms with Gasteiger partial charge in [0.15, 0.2) is 5.54 Å². The first-order valence-electron chi connectivity index (χ1n) is 5.69. The van der Waals surface area contributed by atoms with Gasteiger partial charge in [0.25, 0.3) is 0 Å². The van der Waals surface area contributed by atoms with E-state index < -0.39 is 11.5 Å². The lowest BCUT2D eigenvalue weighted by molar-refractivity contribution is -0.147. The normalized spacial score (nSPS) is 22.9. The molecule has 1 aliphatic heterocycles. The van der Waals surface area contributed by atoms with Crippen molar-refractivity contribution in [3.05, 3.63) is 21.9 Å². The summed E-state index contributed by atoms with van der Waals surface area (Å²) >= 11 is 1.54. The van der Waals surface area contributed by atoms with Crippen LogP contribution in [0.4, 0.5) is 0 Å². The molecule has 1 fully saturated rings. The molecule has 98 valence electrons. The number of aliphatic carboxylic acids is 1. The van der Waals surface area contributed by atoms with E-state index in [2.05, 4.69) is 5.32 Å². The van der Waals surface area contributed by atoms with Crippen molar-refractivity contribution in [2.24, 2.45) is 0 Å². The maximum absolute atomic E-state index is 11.9. The maximum atomic E-state index is 11.9. The predicted molar refractivity (Wildman–Crippen MR) is 66.7 cm³/mol. The summed E-state index contributed by atoms with van der Waals surface area (Å²) in [5, 5.41) is 11.8. The van der Waals surface area contributed by atoms with E-state index in [-0.39, 0.29) is 18.9 Å². The highest BCUT2D eigenvalue weighted by Crippen LogP contribution is 2.20. The van der Waals surface area contributed by atoms with Gasteiger partial charge < -0.3 is 15.2 Å². The van der Waals surface area contributed by atoms with Gasteiger partial charge in [-0.3, -0.25) is 4.79 Å². The van der Waals surface area contributed by atoms with Crippen LogP contribution in [0.5, 0.6) is 0 Å². The summed E-state index contributed by atoms with van der Waals surface area (Å²) in [5.41, 5.74) is -1.25. The second-order valence-electron chi connectivity index (χ2n) is 4.43. The largest absolute Gasteiger partial charge is 0.479 e. The molecule has 1 atom stereocenters. The Kier molecular flexibility index (Phi) is 3.68. The third-order valence-electron chi connectivity index (χ3n) is 2.94. The minimum Gasteiger partial charge on any atom is -0.479 e. The minimum atomic E-state index is -1.25. The fourth-order valence-electron chi connectivity index (χ4n) is 1.94. The van der Waals surface area contributed by atoms with E-state index in [1.807, 2.05) is 19.1 Å². The molecule has 1 aliphatic rings. The van der Waals surface area contributed by atoms with Crippen LogP contribution in [0.15, 0.2) is 12.1 Å². The van der Waals surface area contributed by atoms with Crippen LogP contribution >= 0.6 is 11.3 Å². The zero-order valence-electron chi connectivity index (χ0n) is 10.1. The topological polar surface area (TPSA) is 75.6 Å². The molecule has 18 heavy (non-hydrogen) atoms. The van der Waals surface area contributed by atoms with Crippen LogP contribution in [0.25, 0.3) is 0 Å². The highest BCUT2D eigenvalue weighted by Gasteiger charge is 2.43. The molecule has 2 N–H and O–H groups in total. The first kappa shape index (κ1) is 13.0. The van der Waals surface area contributed by atoms with Crippen LogP contribution in [-0.2, 0) is 20.7 Å². The van der Waals surface area contributed by atoms with Crippen molar-refractivity contribution in [3.63, 3.8) is 0 Å². The van der Waals surface area contributed by atoms with Crippen molar-refractivity contribution < 1.29 is 19.4 Å². The maximum Gasteiger partial charge on any atom is 0.331 e. The van der Waals surface area contributed by atoms with Gasteiger partial charge in [0.2, 0.25) is 5.91 Å². The number of nitrogens with one attached hydrogen (secondary N) is 1. The van der Waals surface area contributed by atoms with E-state index in [1.165, 1.54) is 0 Å². The summed E-state index contributed by atoms with van der Waals surface area (Å²) in [5.74, 6) is -1.31. The average Bonchev–Trinajstić information content (AvgIpc) is 2.89. The number of rotatable bonds is 4. The number of ether oxygens (including phenoxy) is 1. The molecule has 1 unspecified atom stereocenters. The average molecular weight is 269 g/mol. The predicted octanol–water partition coefficient (Wildman–Crippen LogP) is 0.959. The SMILES string of the molecule is Cc1ccc(CC(=O)NC2(C(=O)O)CCOC2)s1. The monoisotopic (exact) mass is 269 g/mol. The van der Waals surface area contributed by atoms with Crippen LogP contribution in [0, 0.1) is 6.92 Å². The van der Waals surface area contributed by atoms with E-state index in [0.29, 0.717) is 13.0 Å². The van der Waals surface area contributed by atoms with Gasteiger partial charge in [-0.2, -0.15) is 0 Å². The molecule has 1 saturated heterocycles. The van der Waals surface area contributed by atoms with Gasteiger partial charge in [-0.15, -0.1) is 11.3 Å². The number of carboxylic acids is 1. The molecule has 0 spiro atoms. The summed E-state index contributed by atoms with van der Waals surface area (Å²) in [6.07, 6.45) is 0.533. The molecule has 0 saturated carbocycles. The Labute approximate surface area is 109 Å². The molecule has 0 radical (unpaired) electrons. The quantitative estimate of drug-likeness (QED) is 0.853. The molecule has 5 nitrogen and oxygen atoms in total. The van der Waals surface area contributed by atoms with Crippen molar-refractivity contribution in [2.75, 3.05) is 13.2 Å². The Morgan fingerprint density at radius 1 is 1.56 bits per heavy atom. The molecule has 1 aromatic heterocycles. The van der Waals surface area contributed by atoms with Gasteiger partial charge in [0.05, 0.1) is 13.0 Å². The van der Waals surface area contributed by atoms with Crippen molar-refractivity contribution in [1.29, 1.82) is 0 Å². The number of carboxylic acid groups (broad SMARTS) is 1. The molecule has 1 amide bonds. The van der Waals surface area contributed by atoms with Crippen LogP contribution in [0.2, 0.25) is 0 Å². The van der Waals surface area contributed by atoms with Gasteiger partial charge >= 0.3 is 5.97 Å². The number of hydrogen-bond donors (Lipinski definition) is 2. The molecular weight excluding hydrogens is 254 g/mol. The van der Waals surface area contributed by atoms with Crippen molar-refractivity contribution in [1.82, 2.24) is 5.32 Å². The van der Waals surface area contributed by atoms with E-state index >= 15 is 0 Å². The summed E-state index contributed by atoms with van der Waals surface area (Å²) < 4.78 is 5.08. The Morgan fingerprint density at radius 2 is 2.33 bits per heavy atom. The van der Waals surface area contributed by atoms with Crippen molar-refractivity contribution in [3.8, 4) is 0 Å². The Bertz CT molecular complexity index is 462. The van der Waals surface area contributed by atoms with Gasteiger partial charge in [0.1, 0.15) is 0 Å². The molecular formula is C12H15NO4S. The molecule has 2 rings (SSSR count). The Hall–Kier alpha value is -1.40. The lowest BCUT2D eigenvalue weighted by atomic mass is 9.99. The zero-order chi connectivity index (χ0) is 13.2. The standard InChI is InChI=1S/C12H15NO4S/c1-8-2-3-9(18-8)6-10(14)13-12(11(15)16)4-5-17-7-12/h2-3H,4-7H2,1H3,(H,13,14)(H,15,16). The second kappa shape index (κ2) is 5.07. The summed E-state index contributed by atoms with van der Waals surface area (Å²) in [7, 11) is 0. The molecule has 0 aliphatic carbocycles. The lowest BCUT2D eigenvalue weighted by Gasteiger charge is -2.23. The van der Waals surface area contributed by atoms with Crippen molar-refractivity contribution >= 4 is 23.2 Å². The van der Waals surface area contributed by atoms with Gasteiger partial charge in [-0.05, 0) is 19.1 Å². The van der Waals surface area contributed by atoms with Gasteiger partial charge in [-0.1, -0.05) is 0 Å². The highest BCUT2D eigenvalue weighted by atomic mass is 32.1. The number of carbonyl (C=O) groups excluding carboxylic acids is 1. The number of carbonyl (C=O) groups is 2. The fraction of sp³-hybridized carbons (Fsp3) is 0.500. The van der Waals surface area contributed by atoms with E-state index in [0.717, 1.165) is 9.75 Å². The summed E-state index contributed by atoms with van der Waals surface area (Å²) in [6, 6.07) is 3.83. The molecule has 2 heterocycles. The fourth-order valence-corrected chi connectivity index (χ4v) is 2.82. The van der Waals surface area contributed by atoms with Gasteiger partial charge in [0, 0.05) is 22.8 Å². The first-order chi connectivity index (χ1) is 8.52. The zero-order valence-corrected chi connectivity index (χ0v) is 10.9. The minimum absolute atomic E-state index is 0.0392. The van der Waals surface area contributed by atoms with E-state index in [4.69, 9.17) is 4.74 Å². The Morgan fingerprint density at radius 3 is 2.83 bits per heavy atom.